The quantitative estimate of drug-likeness (QED) is 0.302. The highest BCUT2D eigenvalue weighted by atomic mass is 14.9. The lowest BCUT2D eigenvalue weighted by Gasteiger charge is -1.99. The molecule has 0 unspecified atom stereocenters. The summed E-state index contributed by atoms with van der Waals surface area (Å²) >= 11 is 0. The molecule has 2 nitrogen and oxygen atoms in total. The molecule has 0 aromatic rings. The fraction of sp³-hybridized carbons (Fsp3) is 0.929. The average Bonchev–Trinajstić information content (AvgIpc) is 2.31. The number of aliphatic imine (C=N–C) groups is 1. The Morgan fingerprint density at radius 1 is 0.812 bits per heavy atom. The van der Waals surface area contributed by atoms with E-state index < -0.39 is 0 Å². The second kappa shape index (κ2) is 14.5. The summed E-state index contributed by atoms with van der Waals surface area (Å²) in [5, 5.41) is 3.25. The molecule has 0 fully saturated rings. The van der Waals surface area contributed by atoms with Crippen LogP contribution in [-0.4, -0.2) is 19.4 Å². The van der Waals surface area contributed by atoms with Crippen molar-refractivity contribution in [3.63, 3.8) is 0 Å². The van der Waals surface area contributed by atoms with Gasteiger partial charge in [-0.25, -0.2) is 0 Å². The predicted octanol–water partition coefficient (Wildman–Crippen LogP) is 4.16. The zero-order chi connectivity index (χ0) is 11.9. The number of hydrogen-bond donors (Lipinski definition) is 1. The van der Waals surface area contributed by atoms with Gasteiger partial charge in [0.15, 0.2) is 0 Å². The molecule has 0 aliphatic carbocycles. The Labute approximate surface area is 102 Å². The Hall–Kier alpha value is -0.530. The Morgan fingerprint density at radius 3 is 2.12 bits per heavy atom. The van der Waals surface area contributed by atoms with E-state index in [1.807, 2.05) is 6.34 Å². The second-order valence-corrected chi connectivity index (χ2v) is 4.46. The van der Waals surface area contributed by atoms with Gasteiger partial charge in [-0.15, -0.1) is 0 Å². The first kappa shape index (κ1) is 15.5. The van der Waals surface area contributed by atoms with Crippen molar-refractivity contribution in [2.24, 2.45) is 4.99 Å². The fourth-order valence-electron chi connectivity index (χ4n) is 1.65. The van der Waals surface area contributed by atoms with Crippen LogP contribution in [0, 0.1) is 0 Å². The van der Waals surface area contributed by atoms with Crippen LogP contribution in [0.2, 0.25) is 0 Å². The first-order valence-electron chi connectivity index (χ1n) is 7.13. The lowest BCUT2D eigenvalue weighted by atomic mass is 10.2. The maximum absolute atomic E-state index is 4.35. The fourth-order valence-corrected chi connectivity index (χ4v) is 1.65. The number of nitrogens with zero attached hydrogens (tertiary/aromatic N) is 1. The maximum atomic E-state index is 4.35. The lowest BCUT2D eigenvalue weighted by Crippen LogP contribution is -2.12. The standard InChI is InChI=1S/C14H30N2/c1-3-5-7-9-11-13-16-14-15-12-10-8-6-4-2/h14H,3-13H2,1-2H3,(H,15,16). The minimum atomic E-state index is 0.992. The van der Waals surface area contributed by atoms with Crippen LogP contribution >= 0.6 is 0 Å². The van der Waals surface area contributed by atoms with E-state index >= 15 is 0 Å². The van der Waals surface area contributed by atoms with Gasteiger partial charge in [-0.05, 0) is 12.8 Å². The van der Waals surface area contributed by atoms with Crippen molar-refractivity contribution in [2.75, 3.05) is 13.1 Å². The van der Waals surface area contributed by atoms with Crippen molar-refractivity contribution in [1.29, 1.82) is 0 Å². The summed E-state index contributed by atoms with van der Waals surface area (Å²) in [6.45, 7) is 6.57. The summed E-state index contributed by atoms with van der Waals surface area (Å²) < 4.78 is 0. The van der Waals surface area contributed by atoms with E-state index in [0.29, 0.717) is 0 Å². The van der Waals surface area contributed by atoms with Gasteiger partial charge in [-0.3, -0.25) is 4.99 Å². The van der Waals surface area contributed by atoms with E-state index in [2.05, 4.69) is 24.2 Å². The normalized spacial score (nSPS) is 11.1. The lowest BCUT2D eigenvalue weighted by molar-refractivity contribution is 0.636. The van der Waals surface area contributed by atoms with Gasteiger partial charge in [0.25, 0.3) is 0 Å². The smallest absolute Gasteiger partial charge is 0.0823 e. The van der Waals surface area contributed by atoms with E-state index in [4.69, 9.17) is 0 Å². The van der Waals surface area contributed by atoms with Gasteiger partial charge in [0.2, 0.25) is 0 Å². The van der Waals surface area contributed by atoms with Crippen LogP contribution in [0.3, 0.4) is 0 Å². The van der Waals surface area contributed by atoms with Gasteiger partial charge in [-0.1, -0.05) is 58.8 Å². The molecule has 96 valence electrons. The van der Waals surface area contributed by atoms with E-state index in [1.54, 1.807) is 0 Å². The molecule has 0 rings (SSSR count). The molecule has 16 heavy (non-hydrogen) atoms. The third-order valence-electron chi connectivity index (χ3n) is 2.75. The van der Waals surface area contributed by atoms with Crippen LogP contribution in [0.5, 0.6) is 0 Å². The molecule has 2 heteroatoms. The molecular weight excluding hydrogens is 196 g/mol. The molecule has 0 atom stereocenters. The van der Waals surface area contributed by atoms with Crippen LogP contribution in [0.1, 0.15) is 71.6 Å². The first-order chi connectivity index (χ1) is 7.91. The van der Waals surface area contributed by atoms with Gasteiger partial charge in [0.1, 0.15) is 0 Å². The largest absolute Gasteiger partial charge is 0.376 e. The van der Waals surface area contributed by atoms with E-state index in [1.165, 1.54) is 57.8 Å². The molecule has 0 amide bonds. The zero-order valence-electron chi connectivity index (χ0n) is 11.3. The third kappa shape index (κ3) is 13.5. The zero-order valence-corrected chi connectivity index (χ0v) is 11.3. The molecule has 0 aromatic carbocycles. The Kier molecular flexibility index (Phi) is 14.0. The predicted molar refractivity (Wildman–Crippen MR) is 74.3 cm³/mol. The molecule has 0 spiro atoms. The summed E-state index contributed by atoms with van der Waals surface area (Å²) in [5.74, 6) is 0. The molecule has 0 aliphatic heterocycles. The van der Waals surface area contributed by atoms with Gasteiger partial charge >= 0.3 is 0 Å². The van der Waals surface area contributed by atoms with Crippen LogP contribution < -0.4 is 5.32 Å². The van der Waals surface area contributed by atoms with E-state index in [0.717, 1.165) is 13.1 Å². The van der Waals surface area contributed by atoms with Crippen LogP contribution in [0.25, 0.3) is 0 Å². The minimum Gasteiger partial charge on any atom is -0.376 e. The molecule has 0 saturated heterocycles. The summed E-state index contributed by atoms with van der Waals surface area (Å²) in [6.07, 6.45) is 13.8. The number of rotatable bonds is 12. The monoisotopic (exact) mass is 226 g/mol. The summed E-state index contributed by atoms with van der Waals surface area (Å²) in [5.41, 5.74) is 0. The highest BCUT2D eigenvalue weighted by Gasteiger charge is 1.87. The van der Waals surface area contributed by atoms with Crippen molar-refractivity contribution in [1.82, 2.24) is 5.32 Å². The SMILES string of the molecule is CCCCCCCN=CNCCCCCC. The molecule has 1 N–H and O–H groups in total. The molecule has 0 bridgehead atoms. The molecule has 0 saturated carbocycles. The third-order valence-corrected chi connectivity index (χ3v) is 2.75. The number of hydrogen-bond acceptors (Lipinski definition) is 1. The first-order valence-corrected chi connectivity index (χ1v) is 7.13. The average molecular weight is 226 g/mol. The van der Waals surface area contributed by atoms with Crippen molar-refractivity contribution in [3.05, 3.63) is 0 Å². The molecule has 0 aliphatic rings. The van der Waals surface area contributed by atoms with Crippen molar-refractivity contribution >= 4 is 6.34 Å². The van der Waals surface area contributed by atoms with E-state index in [-0.39, 0.29) is 0 Å². The van der Waals surface area contributed by atoms with Gasteiger partial charge in [0, 0.05) is 13.1 Å². The summed E-state index contributed by atoms with van der Waals surface area (Å²) in [7, 11) is 0. The second-order valence-electron chi connectivity index (χ2n) is 4.46. The molecule has 0 heterocycles. The topological polar surface area (TPSA) is 24.4 Å². The Morgan fingerprint density at radius 2 is 1.44 bits per heavy atom. The van der Waals surface area contributed by atoms with Gasteiger partial charge < -0.3 is 5.32 Å². The van der Waals surface area contributed by atoms with Gasteiger partial charge in [-0.2, -0.15) is 0 Å². The summed E-state index contributed by atoms with van der Waals surface area (Å²) in [4.78, 5) is 4.35. The van der Waals surface area contributed by atoms with Crippen molar-refractivity contribution in [2.45, 2.75) is 71.6 Å². The minimum absolute atomic E-state index is 0.992. The van der Waals surface area contributed by atoms with Crippen molar-refractivity contribution in [3.8, 4) is 0 Å². The number of nitrogens with one attached hydrogen (secondary N) is 1. The molecule has 0 aromatic heterocycles. The van der Waals surface area contributed by atoms with Crippen molar-refractivity contribution < 1.29 is 0 Å². The van der Waals surface area contributed by atoms with Crippen LogP contribution in [-0.2, 0) is 0 Å². The van der Waals surface area contributed by atoms with E-state index in [9.17, 15) is 0 Å². The Bertz CT molecular complexity index is 128. The maximum Gasteiger partial charge on any atom is 0.0823 e. The van der Waals surface area contributed by atoms with Gasteiger partial charge in [0.05, 0.1) is 6.34 Å². The highest BCUT2D eigenvalue weighted by molar-refractivity contribution is 5.53. The number of unbranched alkanes of at least 4 members (excludes halogenated alkanes) is 7. The highest BCUT2D eigenvalue weighted by Crippen LogP contribution is 2.01. The molecule has 0 radical (unpaired) electrons. The molecular formula is C14H30N2. The van der Waals surface area contributed by atoms with Crippen LogP contribution in [0.4, 0.5) is 0 Å². The Balaban J connectivity index is 2.98. The summed E-state index contributed by atoms with van der Waals surface area (Å²) in [6, 6.07) is 0. The van der Waals surface area contributed by atoms with Crippen LogP contribution in [0.15, 0.2) is 4.99 Å².